The minimum absolute atomic E-state index is 0. The number of hydrogen-bond acceptors (Lipinski definition) is 1. The van der Waals surface area contributed by atoms with E-state index >= 15 is 0 Å². The van der Waals surface area contributed by atoms with Crippen LogP contribution in [0.5, 0.6) is 0 Å². The molecule has 0 spiro atoms. The second-order valence-corrected chi connectivity index (χ2v) is 1.72. The SMILES string of the molecule is C/C=C(/C)C(=O)O.C[N-]C.[Y]. The van der Waals surface area contributed by atoms with Gasteiger partial charge in [0.05, 0.1) is 0 Å². The molecule has 3 nitrogen and oxygen atoms in total. The standard InChI is InChI=1S/C5H8O2.C2H6N.Y/c1-3-4(2)5(6)7;1-3-2;/h3H,1-2H3,(H,6,7);1-2H3;/q;-1;/b4-3-;;. The van der Waals surface area contributed by atoms with Gasteiger partial charge in [0, 0.05) is 38.3 Å². The zero-order valence-electron chi connectivity index (χ0n) is 7.46. The Morgan fingerprint density at radius 2 is 1.73 bits per heavy atom. The third-order valence-corrected chi connectivity index (χ3v) is 0.770. The molecule has 11 heavy (non-hydrogen) atoms. The van der Waals surface area contributed by atoms with Gasteiger partial charge in [-0.3, -0.25) is 0 Å². The minimum atomic E-state index is -0.845. The summed E-state index contributed by atoms with van der Waals surface area (Å²) in [6.07, 6.45) is 1.56. The zero-order valence-corrected chi connectivity index (χ0v) is 10.3. The molecule has 0 saturated carbocycles. The van der Waals surface area contributed by atoms with E-state index in [1.807, 2.05) is 0 Å². The van der Waals surface area contributed by atoms with Crippen LogP contribution >= 0.6 is 0 Å². The van der Waals surface area contributed by atoms with Crippen LogP contribution in [0.3, 0.4) is 0 Å². The molecule has 0 aromatic carbocycles. The van der Waals surface area contributed by atoms with Crippen molar-refractivity contribution < 1.29 is 42.6 Å². The van der Waals surface area contributed by atoms with Crippen LogP contribution in [0, 0.1) is 0 Å². The molecule has 1 N–H and O–H groups in total. The fourth-order valence-corrected chi connectivity index (χ4v) is 0.123. The summed E-state index contributed by atoms with van der Waals surface area (Å²) in [5, 5.41) is 11.6. The van der Waals surface area contributed by atoms with Gasteiger partial charge in [0.25, 0.3) is 0 Å². The molecule has 0 aliphatic rings. The molecule has 63 valence electrons. The van der Waals surface area contributed by atoms with Gasteiger partial charge < -0.3 is 10.4 Å². The van der Waals surface area contributed by atoms with Crippen molar-refractivity contribution in [3.63, 3.8) is 0 Å². The Bertz CT molecular complexity index is 124. The van der Waals surface area contributed by atoms with Crippen molar-refractivity contribution in [2.75, 3.05) is 14.1 Å². The predicted octanol–water partition coefficient (Wildman–Crippen LogP) is 1.65. The fourth-order valence-electron chi connectivity index (χ4n) is 0.123. The fraction of sp³-hybridized carbons (Fsp3) is 0.571. The van der Waals surface area contributed by atoms with Gasteiger partial charge in [0.15, 0.2) is 0 Å². The van der Waals surface area contributed by atoms with Crippen LogP contribution in [0.4, 0.5) is 0 Å². The third-order valence-electron chi connectivity index (χ3n) is 0.770. The summed E-state index contributed by atoms with van der Waals surface area (Å²) in [5.74, 6) is -0.845. The first-order chi connectivity index (χ1) is 4.59. The van der Waals surface area contributed by atoms with Gasteiger partial charge in [-0.2, -0.15) is 14.1 Å². The summed E-state index contributed by atoms with van der Waals surface area (Å²) < 4.78 is 0. The van der Waals surface area contributed by atoms with Crippen molar-refractivity contribution in [2.24, 2.45) is 0 Å². The topological polar surface area (TPSA) is 51.4 Å². The minimum Gasteiger partial charge on any atom is -0.668 e. The summed E-state index contributed by atoms with van der Waals surface area (Å²) >= 11 is 0. The molecule has 0 amide bonds. The van der Waals surface area contributed by atoms with E-state index in [-0.39, 0.29) is 32.7 Å². The van der Waals surface area contributed by atoms with Gasteiger partial charge in [0.2, 0.25) is 0 Å². The number of nitrogens with zero attached hydrogens (tertiary/aromatic N) is 1. The molecular weight excluding hydrogens is 219 g/mol. The molecule has 4 heteroatoms. The average molecular weight is 233 g/mol. The predicted molar refractivity (Wildman–Crippen MR) is 42.3 cm³/mol. The van der Waals surface area contributed by atoms with Gasteiger partial charge in [-0.15, -0.1) is 0 Å². The van der Waals surface area contributed by atoms with Crippen LogP contribution in [-0.4, -0.2) is 25.2 Å². The Labute approximate surface area is 93.1 Å². The number of carbonyl (C=O) groups is 1. The average Bonchev–Trinajstić information content (AvgIpc) is 1.88. The number of rotatable bonds is 1. The van der Waals surface area contributed by atoms with Crippen molar-refractivity contribution >= 4 is 5.97 Å². The number of carboxylic acid groups (broad SMARTS) is 1. The molecule has 0 atom stereocenters. The largest absolute Gasteiger partial charge is 0.668 e. The smallest absolute Gasteiger partial charge is 0.330 e. The first kappa shape index (κ1) is 17.4. The number of hydrogen-bond donors (Lipinski definition) is 1. The molecule has 0 fully saturated rings. The number of carboxylic acids is 1. The number of aliphatic carboxylic acids is 1. The van der Waals surface area contributed by atoms with E-state index < -0.39 is 5.97 Å². The van der Waals surface area contributed by atoms with Crippen molar-refractivity contribution in [1.29, 1.82) is 0 Å². The van der Waals surface area contributed by atoms with E-state index in [0.29, 0.717) is 5.57 Å². The molecule has 0 bridgehead atoms. The van der Waals surface area contributed by atoms with Crippen molar-refractivity contribution in [1.82, 2.24) is 0 Å². The van der Waals surface area contributed by atoms with Gasteiger partial charge in [-0.05, 0) is 13.8 Å². The quantitative estimate of drug-likeness (QED) is 0.700. The van der Waals surface area contributed by atoms with E-state index in [2.05, 4.69) is 5.32 Å². The molecule has 0 unspecified atom stereocenters. The molecule has 0 aromatic rings. The molecule has 0 heterocycles. The van der Waals surface area contributed by atoms with Crippen LogP contribution in [-0.2, 0) is 37.5 Å². The second-order valence-electron chi connectivity index (χ2n) is 1.72. The maximum Gasteiger partial charge on any atom is 0.330 e. The number of allylic oxidation sites excluding steroid dienone is 1. The van der Waals surface area contributed by atoms with E-state index in [4.69, 9.17) is 5.11 Å². The summed E-state index contributed by atoms with van der Waals surface area (Å²) in [5.41, 5.74) is 0.389. The normalized spacial score (nSPS) is 8.91. The van der Waals surface area contributed by atoms with Crippen LogP contribution in [0.25, 0.3) is 5.32 Å². The molecule has 0 rings (SSSR count). The van der Waals surface area contributed by atoms with Crippen LogP contribution < -0.4 is 0 Å². The Kier molecular flexibility index (Phi) is 20.4. The van der Waals surface area contributed by atoms with Gasteiger partial charge in [-0.25, -0.2) is 4.79 Å². The van der Waals surface area contributed by atoms with Crippen LogP contribution in [0.1, 0.15) is 13.8 Å². The summed E-state index contributed by atoms with van der Waals surface area (Å²) in [6.45, 7) is 3.26. The Morgan fingerprint density at radius 1 is 1.45 bits per heavy atom. The maximum atomic E-state index is 9.86. The Morgan fingerprint density at radius 3 is 1.73 bits per heavy atom. The third kappa shape index (κ3) is 17.9. The molecule has 0 saturated heterocycles. The van der Waals surface area contributed by atoms with E-state index in [1.54, 1.807) is 34.0 Å². The van der Waals surface area contributed by atoms with Crippen molar-refractivity contribution in [2.45, 2.75) is 13.8 Å². The van der Waals surface area contributed by atoms with Gasteiger partial charge in [-0.1, -0.05) is 6.08 Å². The van der Waals surface area contributed by atoms with E-state index in [1.165, 1.54) is 0 Å². The molecule has 0 aliphatic heterocycles. The summed E-state index contributed by atoms with van der Waals surface area (Å²) in [7, 11) is 3.50. The monoisotopic (exact) mass is 233 g/mol. The first-order valence-electron chi connectivity index (χ1n) is 2.94. The Balaban J connectivity index is -0.000000140. The molecular formula is C7H14NO2Y-. The van der Waals surface area contributed by atoms with E-state index in [0.717, 1.165) is 0 Å². The van der Waals surface area contributed by atoms with Crippen molar-refractivity contribution in [3.8, 4) is 0 Å². The Hall–Kier alpha value is 0.274. The molecule has 0 aliphatic carbocycles. The first-order valence-corrected chi connectivity index (χ1v) is 2.94. The van der Waals surface area contributed by atoms with Gasteiger partial charge >= 0.3 is 5.97 Å². The van der Waals surface area contributed by atoms with Gasteiger partial charge in [0.1, 0.15) is 0 Å². The van der Waals surface area contributed by atoms with Crippen molar-refractivity contribution in [3.05, 3.63) is 17.0 Å². The zero-order chi connectivity index (χ0) is 8.57. The molecule has 0 aromatic heterocycles. The van der Waals surface area contributed by atoms with Crippen LogP contribution in [0.15, 0.2) is 11.6 Å². The molecule has 1 radical (unpaired) electrons. The maximum absolute atomic E-state index is 9.86. The summed E-state index contributed by atoms with van der Waals surface area (Å²) in [4.78, 5) is 9.86. The summed E-state index contributed by atoms with van der Waals surface area (Å²) in [6, 6.07) is 0. The second kappa shape index (κ2) is 12.9. The van der Waals surface area contributed by atoms with Crippen LogP contribution in [0.2, 0.25) is 0 Å². The van der Waals surface area contributed by atoms with E-state index in [9.17, 15) is 4.79 Å².